The Morgan fingerprint density at radius 3 is 2.77 bits per heavy atom. The summed E-state index contributed by atoms with van der Waals surface area (Å²) in [5, 5.41) is 17.3. The quantitative estimate of drug-likeness (QED) is 0.406. The summed E-state index contributed by atoms with van der Waals surface area (Å²) in [7, 11) is 0. The average molecular weight is 370 g/mol. The second kappa shape index (κ2) is 7.70. The van der Waals surface area contributed by atoms with Crippen LogP contribution >= 0.6 is 11.3 Å². The number of nitrogens with zero attached hydrogens (tertiary/aromatic N) is 3. The van der Waals surface area contributed by atoms with E-state index >= 15 is 0 Å². The lowest BCUT2D eigenvalue weighted by atomic mass is 10.1. The first-order valence-electron chi connectivity index (χ1n) is 7.59. The molecule has 0 aliphatic rings. The number of thiazole rings is 1. The van der Waals surface area contributed by atoms with Crippen LogP contribution in [-0.2, 0) is 11.2 Å². The molecule has 0 radical (unpaired) electrons. The monoisotopic (exact) mass is 370 g/mol. The Bertz CT molecular complexity index is 959. The van der Waals surface area contributed by atoms with Gasteiger partial charge in [0.15, 0.2) is 0 Å². The van der Waals surface area contributed by atoms with Gasteiger partial charge in [0.1, 0.15) is 11.5 Å². The highest BCUT2D eigenvalue weighted by Crippen LogP contribution is 2.23. The molecule has 132 valence electrons. The number of furan rings is 1. The zero-order valence-corrected chi connectivity index (χ0v) is 14.5. The SMILES string of the molecule is Cc1nc(CC(=O)NN=Cc2ccc(-c3ccc([N+](=O)[O-])cc3)o2)cs1. The first-order chi connectivity index (χ1) is 12.5. The summed E-state index contributed by atoms with van der Waals surface area (Å²) in [6, 6.07) is 9.45. The molecule has 1 N–H and O–H groups in total. The normalized spacial score (nSPS) is 11.0. The highest BCUT2D eigenvalue weighted by Gasteiger charge is 2.08. The van der Waals surface area contributed by atoms with Gasteiger partial charge >= 0.3 is 0 Å². The molecule has 0 atom stereocenters. The molecule has 0 fully saturated rings. The number of hydrogen-bond donors (Lipinski definition) is 1. The van der Waals surface area contributed by atoms with Crippen molar-refractivity contribution in [2.24, 2.45) is 5.10 Å². The van der Waals surface area contributed by atoms with Crippen molar-refractivity contribution in [2.75, 3.05) is 0 Å². The lowest BCUT2D eigenvalue weighted by Crippen LogP contribution is -2.19. The lowest BCUT2D eigenvalue weighted by molar-refractivity contribution is -0.384. The van der Waals surface area contributed by atoms with E-state index in [0.29, 0.717) is 22.8 Å². The molecule has 9 heteroatoms. The maximum atomic E-state index is 11.8. The molecular formula is C17H14N4O4S. The van der Waals surface area contributed by atoms with E-state index in [1.54, 1.807) is 24.3 Å². The van der Waals surface area contributed by atoms with E-state index in [1.807, 2.05) is 12.3 Å². The van der Waals surface area contributed by atoms with E-state index in [2.05, 4.69) is 15.5 Å². The van der Waals surface area contributed by atoms with Crippen LogP contribution in [0.2, 0.25) is 0 Å². The van der Waals surface area contributed by atoms with Crippen LogP contribution < -0.4 is 5.43 Å². The van der Waals surface area contributed by atoms with Gasteiger partial charge in [0.05, 0.1) is 28.3 Å². The van der Waals surface area contributed by atoms with Crippen molar-refractivity contribution < 1.29 is 14.1 Å². The largest absolute Gasteiger partial charge is 0.455 e. The first-order valence-corrected chi connectivity index (χ1v) is 8.47. The maximum Gasteiger partial charge on any atom is 0.269 e. The van der Waals surface area contributed by atoms with Gasteiger partial charge in [-0.1, -0.05) is 0 Å². The van der Waals surface area contributed by atoms with Crippen molar-refractivity contribution >= 4 is 29.1 Å². The molecule has 0 aliphatic heterocycles. The number of nitro benzene ring substituents is 1. The van der Waals surface area contributed by atoms with Gasteiger partial charge in [0.25, 0.3) is 5.69 Å². The fourth-order valence-corrected chi connectivity index (χ4v) is 2.80. The molecule has 0 bridgehead atoms. The van der Waals surface area contributed by atoms with Gasteiger partial charge in [-0.3, -0.25) is 14.9 Å². The number of benzene rings is 1. The third kappa shape index (κ3) is 4.39. The molecule has 8 nitrogen and oxygen atoms in total. The van der Waals surface area contributed by atoms with Crippen LogP contribution in [0.15, 0.2) is 51.3 Å². The predicted octanol–water partition coefficient (Wildman–Crippen LogP) is 3.31. The fraction of sp³-hybridized carbons (Fsp3) is 0.118. The molecule has 0 saturated heterocycles. The number of carbonyl (C=O) groups excluding carboxylic acids is 1. The Morgan fingerprint density at radius 1 is 1.35 bits per heavy atom. The number of non-ortho nitro benzene ring substituents is 1. The summed E-state index contributed by atoms with van der Waals surface area (Å²) >= 11 is 1.49. The van der Waals surface area contributed by atoms with Gasteiger partial charge in [0.2, 0.25) is 5.91 Å². The second-order valence-corrected chi connectivity index (χ2v) is 6.40. The van der Waals surface area contributed by atoms with Crippen LogP contribution in [0.5, 0.6) is 0 Å². The Morgan fingerprint density at radius 2 is 2.12 bits per heavy atom. The number of amides is 1. The minimum absolute atomic E-state index is 0.0140. The minimum Gasteiger partial charge on any atom is -0.455 e. The van der Waals surface area contributed by atoms with E-state index in [0.717, 1.165) is 5.01 Å². The Labute approximate surface area is 152 Å². The molecule has 0 spiro atoms. The third-order valence-electron chi connectivity index (χ3n) is 3.38. The molecule has 1 aromatic carbocycles. The zero-order chi connectivity index (χ0) is 18.5. The molecule has 3 rings (SSSR count). The van der Waals surface area contributed by atoms with Crippen LogP contribution in [0.3, 0.4) is 0 Å². The predicted molar refractivity (Wildman–Crippen MR) is 97.1 cm³/mol. The van der Waals surface area contributed by atoms with Crippen LogP contribution in [0.1, 0.15) is 16.5 Å². The number of aromatic nitrogens is 1. The summed E-state index contributed by atoms with van der Waals surface area (Å²) < 4.78 is 5.59. The molecule has 0 aliphatic carbocycles. The highest BCUT2D eigenvalue weighted by molar-refractivity contribution is 7.09. The van der Waals surface area contributed by atoms with Crippen molar-refractivity contribution in [3.05, 3.63) is 68.4 Å². The number of rotatable bonds is 6. The van der Waals surface area contributed by atoms with Gasteiger partial charge in [-0.05, 0) is 31.2 Å². The molecule has 26 heavy (non-hydrogen) atoms. The van der Waals surface area contributed by atoms with Crippen LogP contribution in [0.4, 0.5) is 5.69 Å². The molecule has 0 unspecified atom stereocenters. The van der Waals surface area contributed by atoms with Crippen molar-refractivity contribution in [1.29, 1.82) is 0 Å². The van der Waals surface area contributed by atoms with E-state index in [9.17, 15) is 14.9 Å². The van der Waals surface area contributed by atoms with Crippen molar-refractivity contribution in [3.8, 4) is 11.3 Å². The Kier molecular flexibility index (Phi) is 5.18. The Hall–Kier alpha value is -3.33. The van der Waals surface area contributed by atoms with E-state index in [-0.39, 0.29) is 18.0 Å². The second-order valence-electron chi connectivity index (χ2n) is 5.33. The van der Waals surface area contributed by atoms with Gasteiger partial charge in [0, 0.05) is 23.1 Å². The van der Waals surface area contributed by atoms with Gasteiger partial charge < -0.3 is 4.42 Å². The number of hydrazone groups is 1. The molecule has 2 aromatic heterocycles. The minimum atomic E-state index is -0.459. The summed E-state index contributed by atoms with van der Waals surface area (Å²) in [6.07, 6.45) is 1.55. The van der Waals surface area contributed by atoms with Crippen LogP contribution in [0, 0.1) is 17.0 Å². The van der Waals surface area contributed by atoms with E-state index in [4.69, 9.17) is 4.42 Å². The molecule has 2 heterocycles. The summed E-state index contributed by atoms with van der Waals surface area (Å²) in [5.74, 6) is 0.725. The zero-order valence-electron chi connectivity index (χ0n) is 13.7. The van der Waals surface area contributed by atoms with E-state index < -0.39 is 4.92 Å². The standard InChI is InChI=1S/C17H14N4O4S/c1-11-19-13(10-26-11)8-17(22)20-18-9-15-6-7-16(25-15)12-2-4-14(5-3-12)21(23)24/h2-7,9-10H,8H2,1H3,(H,20,22). The summed E-state index contributed by atoms with van der Waals surface area (Å²) in [6.45, 7) is 1.88. The third-order valence-corrected chi connectivity index (χ3v) is 4.20. The van der Waals surface area contributed by atoms with Gasteiger partial charge in [-0.2, -0.15) is 5.10 Å². The topological polar surface area (TPSA) is 111 Å². The number of nitro groups is 1. The van der Waals surface area contributed by atoms with Crippen molar-refractivity contribution in [1.82, 2.24) is 10.4 Å². The van der Waals surface area contributed by atoms with Gasteiger partial charge in [-0.15, -0.1) is 11.3 Å². The molecule has 1 amide bonds. The maximum absolute atomic E-state index is 11.8. The first kappa shape index (κ1) is 17.5. The number of aryl methyl sites for hydroxylation is 1. The van der Waals surface area contributed by atoms with Gasteiger partial charge in [-0.25, -0.2) is 10.4 Å². The molecule has 0 saturated carbocycles. The molecule has 3 aromatic rings. The average Bonchev–Trinajstić information content (AvgIpc) is 3.24. The lowest BCUT2D eigenvalue weighted by Gasteiger charge is -1.97. The Balaban J connectivity index is 1.58. The number of nitrogens with one attached hydrogen (secondary N) is 1. The van der Waals surface area contributed by atoms with Crippen LogP contribution in [-0.4, -0.2) is 22.0 Å². The molecular weight excluding hydrogens is 356 g/mol. The van der Waals surface area contributed by atoms with Crippen LogP contribution in [0.25, 0.3) is 11.3 Å². The van der Waals surface area contributed by atoms with E-state index in [1.165, 1.54) is 29.7 Å². The van der Waals surface area contributed by atoms with Crippen molar-refractivity contribution in [3.63, 3.8) is 0 Å². The van der Waals surface area contributed by atoms with Crippen molar-refractivity contribution in [2.45, 2.75) is 13.3 Å². The smallest absolute Gasteiger partial charge is 0.269 e. The summed E-state index contributed by atoms with van der Waals surface area (Å²) in [4.78, 5) is 26.2. The summed E-state index contributed by atoms with van der Waals surface area (Å²) in [5.41, 5.74) is 3.85. The fourth-order valence-electron chi connectivity index (χ4n) is 2.19. The number of carbonyl (C=O) groups is 1. The number of hydrogen-bond acceptors (Lipinski definition) is 7. The highest BCUT2D eigenvalue weighted by atomic mass is 32.1.